The van der Waals surface area contributed by atoms with E-state index in [1.807, 2.05) is 4.68 Å². The van der Waals surface area contributed by atoms with Crippen molar-refractivity contribution in [2.24, 2.45) is 11.8 Å². The van der Waals surface area contributed by atoms with Crippen molar-refractivity contribution in [1.82, 2.24) is 15.1 Å². The largest absolute Gasteiger partial charge is 0.314 e. The first-order chi connectivity index (χ1) is 9.22. The highest BCUT2D eigenvalue weighted by atomic mass is 15.3. The zero-order valence-corrected chi connectivity index (χ0v) is 12.7. The third-order valence-electron chi connectivity index (χ3n) is 4.41. The molecule has 0 aromatic carbocycles. The molecule has 2 rings (SSSR count). The quantitative estimate of drug-likeness (QED) is 0.854. The maximum atomic E-state index is 4.40. The van der Waals surface area contributed by atoms with Gasteiger partial charge in [-0.15, -0.1) is 0 Å². The lowest BCUT2D eigenvalue weighted by atomic mass is 9.76. The molecule has 1 aromatic rings. The summed E-state index contributed by atoms with van der Waals surface area (Å²) in [6, 6.07) is 0.709. The molecule has 1 aliphatic carbocycles. The maximum Gasteiger partial charge on any atom is 0.0521 e. The highest BCUT2D eigenvalue weighted by Gasteiger charge is 2.28. The summed E-state index contributed by atoms with van der Waals surface area (Å²) in [6.07, 6.45) is 10.8. The van der Waals surface area contributed by atoms with Crippen LogP contribution >= 0.6 is 0 Å². The van der Waals surface area contributed by atoms with Crippen LogP contribution in [0.3, 0.4) is 0 Å². The second kappa shape index (κ2) is 7.09. The Bertz CT molecular complexity index is 370. The number of nitrogens with one attached hydrogen (secondary N) is 1. The minimum absolute atomic E-state index is 0.709. The van der Waals surface area contributed by atoms with E-state index in [0.29, 0.717) is 6.04 Å². The van der Waals surface area contributed by atoms with Crippen LogP contribution in [0.5, 0.6) is 0 Å². The van der Waals surface area contributed by atoms with E-state index < -0.39 is 0 Å². The fraction of sp³-hybridized carbons (Fsp3) is 0.812. The van der Waals surface area contributed by atoms with Gasteiger partial charge in [-0.3, -0.25) is 4.68 Å². The number of aromatic nitrogens is 2. The predicted octanol–water partition coefficient (Wildman–Crippen LogP) is 3.25. The van der Waals surface area contributed by atoms with Crippen LogP contribution in [-0.4, -0.2) is 22.4 Å². The lowest BCUT2D eigenvalue weighted by molar-refractivity contribution is 0.212. The number of aryl methyl sites for hydroxylation is 1. The van der Waals surface area contributed by atoms with Crippen LogP contribution in [-0.2, 0) is 13.0 Å². The van der Waals surface area contributed by atoms with Crippen LogP contribution in [0, 0.1) is 11.8 Å². The molecule has 3 unspecified atom stereocenters. The highest BCUT2D eigenvalue weighted by Crippen LogP contribution is 2.31. The molecule has 0 amide bonds. The number of hydrogen-bond donors (Lipinski definition) is 1. The van der Waals surface area contributed by atoms with E-state index in [9.17, 15) is 0 Å². The monoisotopic (exact) mass is 263 g/mol. The van der Waals surface area contributed by atoms with E-state index in [2.05, 4.69) is 43.6 Å². The summed E-state index contributed by atoms with van der Waals surface area (Å²) in [7, 11) is 0. The van der Waals surface area contributed by atoms with Crippen molar-refractivity contribution >= 4 is 0 Å². The predicted molar refractivity (Wildman–Crippen MR) is 80.2 cm³/mol. The molecular formula is C16H29N3. The standard InChI is InChI=1S/C16H29N3/c1-4-8-17-16-7-6-13(3)9-15(16)10-14-11-18-19(5-2)12-14/h11-13,15-17H,4-10H2,1-3H3. The van der Waals surface area contributed by atoms with Gasteiger partial charge >= 0.3 is 0 Å². The van der Waals surface area contributed by atoms with Crippen molar-refractivity contribution in [2.45, 2.75) is 65.5 Å². The van der Waals surface area contributed by atoms with Gasteiger partial charge in [0.2, 0.25) is 0 Å². The van der Waals surface area contributed by atoms with Crippen LogP contribution in [0.4, 0.5) is 0 Å². The normalized spacial score (nSPS) is 27.6. The van der Waals surface area contributed by atoms with Crippen LogP contribution < -0.4 is 5.32 Å². The first-order valence-electron chi connectivity index (χ1n) is 7.97. The SMILES string of the molecule is CCCNC1CCC(C)CC1Cc1cnn(CC)c1. The molecule has 0 saturated heterocycles. The Morgan fingerprint density at radius 1 is 1.37 bits per heavy atom. The molecule has 1 N–H and O–H groups in total. The van der Waals surface area contributed by atoms with E-state index in [-0.39, 0.29) is 0 Å². The number of rotatable bonds is 6. The molecule has 1 aliphatic rings. The van der Waals surface area contributed by atoms with Gasteiger partial charge in [0.05, 0.1) is 6.20 Å². The van der Waals surface area contributed by atoms with E-state index in [0.717, 1.165) is 24.9 Å². The number of nitrogens with zero attached hydrogens (tertiary/aromatic N) is 2. The second-order valence-electron chi connectivity index (χ2n) is 6.15. The molecule has 0 aliphatic heterocycles. The summed E-state index contributed by atoms with van der Waals surface area (Å²) in [5.41, 5.74) is 1.41. The molecule has 1 aromatic heterocycles. The Balaban J connectivity index is 1.96. The Hall–Kier alpha value is -0.830. The lowest BCUT2D eigenvalue weighted by Gasteiger charge is -2.35. The molecule has 0 bridgehead atoms. The number of hydrogen-bond acceptors (Lipinski definition) is 2. The van der Waals surface area contributed by atoms with Gasteiger partial charge in [-0.05, 0) is 63.0 Å². The topological polar surface area (TPSA) is 29.9 Å². The van der Waals surface area contributed by atoms with E-state index in [1.54, 1.807) is 0 Å². The molecule has 19 heavy (non-hydrogen) atoms. The van der Waals surface area contributed by atoms with Gasteiger partial charge in [-0.1, -0.05) is 13.8 Å². The van der Waals surface area contributed by atoms with Gasteiger partial charge in [0.25, 0.3) is 0 Å². The Kier molecular flexibility index (Phi) is 5.44. The van der Waals surface area contributed by atoms with Gasteiger partial charge in [0.15, 0.2) is 0 Å². The average molecular weight is 263 g/mol. The highest BCUT2D eigenvalue weighted by molar-refractivity contribution is 5.06. The van der Waals surface area contributed by atoms with Gasteiger partial charge in [0.1, 0.15) is 0 Å². The minimum Gasteiger partial charge on any atom is -0.314 e. The van der Waals surface area contributed by atoms with Crippen molar-refractivity contribution in [3.8, 4) is 0 Å². The third kappa shape index (κ3) is 4.07. The third-order valence-corrected chi connectivity index (χ3v) is 4.41. The summed E-state index contributed by atoms with van der Waals surface area (Å²) in [5.74, 6) is 1.66. The van der Waals surface area contributed by atoms with E-state index >= 15 is 0 Å². The Labute approximate surface area is 117 Å². The first kappa shape index (κ1) is 14.6. The Morgan fingerprint density at radius 3 is 2.89 bits per heavy atom. The van der Waals surface area contributed by atoms with Gasteiger partial charge in [0, 0.05) is 18.8 Å². The van der Waals surface area contributed by atoms with Crippen LogP contribution in [0.25, 0.3) is 0 Å². The molecule has 1 heterocycles. The summed E-state index contributed by atoms with van der Waals surface area (Å²) >= 11 is 0. The summed E-state index contributed by atoms with van der Waals surface area (Å²) < 4.78 is 2.04. The fourth-order valence-electron chi connectivity index (χ4n) is 3.31. The smallest absolute Gasteiger partial charge is 0.0521 e. The summed E-state index contributed by atoms with van der Waals surface area (Å²) in [4.78, 5) is 0. The molecule has 0 radical (unpaired) electrons. The second-order valence-corrected chi connectivity index (χ2v) is 6.15. The van der Waals surface area contributed by atoms with Crippen LogP contribution in [0.1, 0.15) is 52.0 Å². The molecule has 1 saturated carbocycles. The van der Waals surface area contributed by atoms with Crippen molar-refractivity contribution in [2.75, 3.05) is 6.54 Å². The van der Waals surface area contributed by atoms with Crippen molar-refractivity contribution in [3.63, 3.8) is 0 Å². The summed E-state index contributed by atoms with van der Waals surface area (Å²) in [5, 5.41) is 8.16. The van der Waals surface area contributed by atoms with Crippen LogP contribution in [0.15, 0.2) is 12.4 Å². The summed E-state index contributed by atoms with van der Waals surface area (Å²) in [6.45, 7) is 8.92. The van der Waals surface area contributed by atoms with Crippen molar-refractivity contribution in [3.05, 3.63) is 18.0 Å². The average Bonchev–Trinajstić information content (AvgIpc) is 2.85. The molecular weight excluding hydrogens is 234 g/mol. The first-order valence-corrected chi connectivity index (χ1v) is 7.97. The van der Waals surface area contributed by atoms with E-state index in [1.165, 1.54) is 37.7 Å². The van der Waals surface area contributed by atoms with Crippen molar-refractivity contribution < 1.29 is 0 Å². The van der Waals surface area contributed by atoms with Crippen LogP contribution in [0.2, 0.25) is 0 Å². The molecule has 3 atom stereocenters. The molecule has 1 fully saturated rings. The molecule has 3 nitrogen and oxygen atoms in total. The zero-order valence-electron chi connectivity index (χ0n) is 12.7. The zero-order chi connectivity index (χ0) is 13.7. The minimum atomic E-state index is 0.709. The van der Waals surface area contributed by atoms with Gasteiger partial charge in [-0.2, -0.15) is 5.10 Å². The van der Waals surface area contributed by atoms with Gasteiger partial charge in [-0.25, -0.2) is 0 Å². The fourth-order valence-corrected chi connectivity index (χ4v) is 3.31. The molecule has 3 heteroatoms. The van der Waals surface area contributed by atoms with E-state index in [4.69, 9.17) is 0 Å². The molecule has 108 valence electrons. The molecule has 0 spiro atoms. The Morgan fingerprint density at radius 2 is 2.21 bits per heavy atom. The maximum absolute atomic E-state index is 4.40. The lowest BCUT2D eigenvalue weighted by Crippen LogP contribution is -2.41. The van der Waals surface area contributed by atoms with Crippen molar-refractivity contribution in [1.29, 1.82) is 0 Å². The van der Waals surface area contributed by atoms with Gasteiger partial charge < -0.3 is 5.32 Å².